The van der Waals surface area contributed by atoms with Gasteiger partial charge < -0.3 is 19.8 Å². The van der Waals surface area contributed by atoms with E-state index in [1.165, 1.54) is 12.1 Å². The summed E-state index contributed by atoms with van der Waals surface area (Å²) in [6.45, 7) is 2.78. The molecular formula is C28H28FN5O3. The Hall–Kier alpha value is -3.85. The molecule has 1 saturated heterocycles. The molecular weight excluding hydrogens is 473 g/mol. The number of aromatic amines is 1. The lowest BCUT2D eigenvalue weighted by Gasteiger charge is -2.53. The lowest BCUT2D eigenvalue weighted by atomic mass is 9.61. The average molecular weight is 502 g/mol. The summed E-state index contributed by atoms with van der Waals surface area (Å²) in [7, 11) is 0. The third kappa shape index (κ3) is 5.04. The van der Waals surface area contributed by atoms with Crippen molar-refractivity contribution < 1.29 is 18.7 Å². The molecule has 0 unspecified atom stereocenters. The number of amides is 1. The van der Waals surface area contributed by atoms with Crippen molar-refractivity contribution in [3.8, 4) is 17.1 Å². The molecule has 1 spiro atoms. The van der Waals surface area contributed by atoms with Crippen LogP contribution in [0.2, 0.25) is 0 Å². The molecule has 0 atom stereocenters. The fourth-order valence-corrected chi connectivity index (χ4v) is 5.18. The van der Waals surface area contributed by atoms with Gasteiger partial charge in [-0.25, -0.2) is 19.3 Å². The highest BCUT2D eigenvalue weighted by Crippen LogP contribution is 2.50. The van der Waals surface area contributed by atoms with E-state index >= 15 is 0 Å². The molecule has 1 aliphatic heterocycles. The summed E-state index contributed by atoms with van der Waals surface area (Å²) in [4.78, 5) is 29.5. The number of nitrogens with one attached hydrogen (secondary N) is 2. The zero-order chi connectivity index (χ0) is 25.2. The Labute approximate surface area is 213 Å². The van der Waals surface area contributed by atoms with Crippen molar-refractivity contribution in [2.45, 2.75) is 25.7 Å². The van der Waals surface area contributed by atoms with Crippen molar-refractivity contribution in [3.05, 3.63) is 72.1 Å². The van der Waals surface area contributed by atoms with Gasteiger partial charge >= 0.3 is 0 Å². The van der Waals surface area contributed by atoms with Crippen molar-refractivity contribution in [2.24, 2.45) is 11.3 Å². The molecule has 37 heavy (non-hydrogen) atoms. The number of rotatable bonds is 9. The molecule has 3 heterocycles. The number of aryl methyl sites for hydroxylation is 1. The Balaban J connectivity index is 1.19. The van der Waals surface area contributed by atoms with Crippen LogP contribution >= 0.6 is 0 Å². The van der Waals surface area contributed by atoms with Crippen LogP contribution in [0.5, 0.6) is 5.88 Å². The number of aromatic nitrogens is 4. The van der Waals surface area contributed by atoms with Gasteiger partial charge in [-0.3, -0.25) is 4.79 Å². The maximum Gasteiger partial charge on any atom is 0.251 e. The Morgan fingerprint density at radius 2 is 1.97 bits per heavy atom. The van der Waals surface area contributed by atoms with Crippen LogP contribution in [-0.4, -0.2) is 52.2 Å². The van der Waals surface area contributed by atoms with Crippen LogP contribution in [0.4, 0.5) is 4.39 Å². The van der Waals surface area contributed by atoms with E-state index in [1.54, 1.807) is 42.7 Å². The van der Waals surface area contributed by atoms with Gasteiger partial charge in [0.1, 0.15) is 17.3 Å². The molecule has 2 aromatic carbocycles. The first-order valence-corrected chi connectivity index (χ1v) is 12.6. The molecule has 2 aliphatic rings. The molecule has 0 radical (unpaired) electrons. The van der Waals surface area contributed by atoms with Crippen LogP contribution in [0.15, 0.2) is 54.9 Å². The van der Waals surface area contributed by atoms with E-state index in [1.807, 2.05) is 0 Å². The number of ether oxygens (including phenoxy) is 2. The zero-order valence-electron chi connectivity index (χ0n) is 20.4. The molecule has 2 N–H and O–H groups in total. The van der Waals surface area contributed by atoms with Crippen molar-refractivity contribution in [1.29, 1.82) is 0 Å². The normalized spacial score (nSPS) is 16.4. The quantitative estimate of drug-likeness (QED) is 0.331. The van der Waals surface area contributed by atoms with Gasteiger partial charge in [-0.2, -0.15) is 0 Å². The molecule has 0 bridgehead atoms. The van der Waals surface area contributed by atoms with E-state index in [0.717, 1.165) is 44.7 Å². The molecule has 1 amide bonds. The van der Waals surface area contributed by atoms with Gasteiger partial charge in [0, 0.05) is 41.9 Å². The number of halogens is 1. The van der Waals surface area contributed by atoms with Crippen molar-refractivity contribution >= 4 is 16.9 Å². The van der Waals surface area contributed by atoms with E-state index in [9.17, 15) is 9.18 Å². The zero-order valence-corrected chi connectivity index (χ0v) is 20.4. The van der Waals surface area contributed by atoms with Crippen molar-refractivity contribution in [3.63, 3.8) is 0 Å². The second kappa shape index (κ2) is 9.89. The first kappa shape index (κ1) is 23.5. The number of hydrogen-bond donors (Lipinski definition) is 2. The number of fused-ring (bicyclic) bond motifs is 1. The van der Waals surface area contributed by atoms with Gasteiger partial charge in [0.05, 0.1) is 30.9 Å². The number of carbonyl (C=O) groups excluding carboxylic acids is 1. The molecule has 1 saturated carbocycles. The summed E-state index contributed by atoms with van der Waals surface area (Å²) in [5.74, 6) is 1.27. The van der Waals surface area contributed by atoms with Gasteiger partial charge in [0.2, 0.25) is 5.88 Å². The van der Waals surface area contributed by atoms with Crippen LogP contribution in [0.25, 0.3) is 22.3 Å². The average Bonchev–Trinajstić information content (AvgIpc) is 3.38. The summed E-state index contributed by atoms with van der Waals surface area (Å²) < 4.78 is 25.1. The first-order chi connectivity index (χ1) is 18.1. The number of carbonyl (C=O) groups is 1. The van der Waals surface area contributed by atoms with Gasteiger partial charge in [-0.1, -0.05) is 0 Å². The second-order valence-electron chi connectivity index (χ2n) is 10.1. The van der Waals surface area contributed by atoms with Gasteiger partial charge in [-0.15, -0.1) is 0 Å². The molecule has 9 heteroatoms. The van der Waals surface area contributed by atoms with E-state index < -0.39 is 0 Å². The fourth-order valence-electron chi connectivity index (χ4n) is 5.18. The monoisotopic (exact) mass is 501 g/mol. The summed E-state index contributed by atoms with van der Waals surface area (Å²) >= 11 is 0. The van der Waals surface area contributed by atoms with Crippen molar-refractivity contribution in [2.75, 3.05) is 26.4 Å². The number of benzene rings is 2. The van der Waals surface area contributed by atoms with E-state index in [-0.39, 0.29) is 11.7 Å². The molecule has 4 aromatic rings. The molecule has 190 valence electrons. The lowest BCUT2D eigenvalue weighted by Crippen LogP contribution is -2.53. The first-order valence-electron chi connectivity index (χ1n) is 12.6. The Morgan fingerprint density at radius 3 is 2.70 bits per heavy atom. The van der Waals surface area contributed by atoms with Gasteiger partial charge in [0.25, 0.3) is 5.91 Å². The third-order valence-electron chi connectivity index (χ3n) is 7.16. The number of hydrogen-bond acceptors (Lipinski definition) is 6. The molecule has 1 aliphatic carbocycles. The van der Waals surface area contributed by atoms with E-state index in [2.05, 4.69) is 15.3 Å². The summed E-state index contributed by atoms with van der Waals surface area (Å²) in [5.41, 5.74) is 3.30. The maximum absolute atomic E-state index is 13.6. The van der Waals surface area contributed by atoms with Crippen LogP contribution in [0.3, 0.4) is 0 Å². The fraction of sp³-hybridized carbons (Fsp3) is 0.357. The topological polar surface area (TPSA) is 102 Å². The van der Waals surface area contributed by atoms with E-state index in [0.29, 0.717) is 58.2 Å². The molecule has 2 fully saturated rings. The summed E-state index contributed by atoms with van der Waals surface area (Å²) in [5, 5.41) is 2.95. The van der Waals surface area contributed by atoms with Crippen LogP contribution in [0.1, 0.15) is 35.4 Å². The molecule has 6 rings (SSSR count). The SMILES string of the molecule is O=C(NCCCc1ncc[nH]1)c1ccc2nc(OCC3CC4(COC4)C3)c(-c3ccc(F)cc3)nc2c1. The third-order valence-corrected chi connectivity index (χ3v) is 7.16. The predicted molar refractivity (Wildman–Crippen MR) is 136 cm³/mol. The van der Waals surface area contributed by atoms with Crippen LogP contribution < -0.4 is 10.1 Å². The highest BCUT2D eigenvalue weighted by molar-refractivity contribution is 5.97. The van der Waals surface area contributed by atoms with Crippen LogP contribution in [-0.2, 0) is 11.2 Å². The highest BCUT2D eigenvalue weighted by atomic mass is 19.1. The molecule has 8 nitrogen and oxygen atoms in total. The van der Waals surface area contributed by atoms with Crippen LogP contribution in [0, 0.1) is 17.2 Å². The summed E-state index contributed by atoms with van der Waals surface area (Å²) in [6, 6.07) is 11.4. The number of nitrogens with zero attached hydrogens (tertiary/aromatic N) is 3. The second-order valence-corrected chi connectivity index (χ2v) is 10.1. The summed E-state index contributed by atoms with van der Waals surface area (Å²) in [6.07, 6.45) is 7.23. The van der Waals surface area contributed by atoms with Gasteiger partial charge in [-0.05, 0) is 67.6 Å². The smallest absolute Gasteiger partial charge is 0.251 e. The largest absolute Gasteiger partial charge is 0.476 e. The minimum atomic E-state index is -0.326. The Bertz CT molecular complexity index is 1400. The standard InChI is InChI=1S/C28H28FN5O3/c29-21-6-3-19(4-7-21)25-27(37-15-18-13-28(14-18)16-36-17-28)34-22-8-5-20(12-23(22)33-25)26(35)32-9-1-2-24-30-10-11-31-24/h3-8,10-12,18H,1-2,9,13-17H2,(H,30,31)(H,32,35). The highest BCUT2D eigenvalue weighted by Gasteiger charge is 2.49. The Morgan fingerprint density at radius 1 is 1.14 bits per heavy atom. The lowest BCUT2D eigenvalue weighted by molar-refractivity contribution is -0.183. The number of H-pyrrole nitrogens is 1. The Kier molecular flexibility index (Phi) is 6.30. The number of imidazole rings is 1. The minimum Gasteiger partial charge on any atom is -0.476 e. The van der Waals surface area contributed by atoms with Gasteiger partial charge in [0.15, 0.2) is 0 Å². The van der Waals surface area contributed by atoms with Crippen molar-refractivity contribution in [1.82, 2.24) is 25.3 Å². The minimum absolute atomic E-state index is 0.175. The van der Waals surface area contributed by atoms with E-state index in [4.69, 9.17) is 19.4 Å². The molecule has 2 aromatic heterocycles. The maximum atomic E-state index is 13.6. The predicted octanol–water partition coefficient (Wildman–Crippen LogP) is 4.33.